The van der Waals surface area contributed by atoms with E-state index in [0.717, 1.165) is 134 Å². The second-order valence-electron chi connectivity index (χ2n) is 39.4. The largest absolute Gasteiger partial charge is 0.309 e. The van der Waals surface area contributed by atoms with Crippen molar-refractivity contribution < 1.29 is 0 Å². The molecule has 0 heterocycles. The first-order valence-corrected chi connectivity index (χ1v) is 51.4. The fourth-order valence-corrected chi connectivity index (χ4v) is 24.9. The minimum atomic E-state index is -0.721. The second-order valence-corrected chi connectivity index (χ2v) is 39.4. The van der Waals surface area contributed by atoms with Crippen molar-refractivity contribution in [1.29, 1.82) is 0 Å². The molecule has 0 unspecified atom stereocenters. The Labute approximate surface area is 862 Å². The van der Waals surface area contributed by atoms with Crippen LogP contribution in [-0.2, 0) is 10.8 Å². The van der Waals surface area contributed by atoms with Gasteiger partial charge in [-0.3, -0.25) is 0 Å². The van der Waals surface area contributed by atoms with Crippen molar-refractivity contribution in [3.05, 3.63) is 627 Å². The van der Waals surface area contributed by atoms with Gasteiger partial charge in [0.25, 0.3) is 0 Å². The Kier molecular flexibility index (Phi) is 21.1. The maximum Gasteiger partial charge on any atom is 0.0714 e. The van der Waals surface area contributed by atoms with Crippen molar-refractivity contribution in [2.75, 3.05) is 9.80 Å². The van der Waals surface area contributed by atoms with Crippen molar-refractivity contribution in [3.8, 4) is 122 Å². The minimum absolute atomic E-state index is 0.654. The van der Waals surface area contributed by atoms with Gasteiger partial charge in [-0.25, -0.2) is 0 Å². The topological polar surface area (TPSA) is 6.48 Å². The van der Waals surface area contributed by atoms with Gasteiger partial charge in [-0.2, -0.15) is 0 Å². The molecule has 0 saturated carbocycles. The minimum Gasteiger partial charge on any atom is -0.309 e. The summed E-state index contributed by atoms with van der Waals surface area (Å²) in [4.78, 5) is 5.20. The van der Waals surface area contributed by atoms with E-state index in [2.05, 4.69) is 592 Å². The van der Waals surface area contributed by atoms with Gasteiger partial charge >= 0.3 is 0 Å². The van der Waals surface area contributed by atoms with Crippen LogP contribution in [-0.4, -0.2) is 0 Å². The van der Waals surface area contributed by atoms with Crippen molar-refractivity contribution in [2.45, 2.75) is 10.8 Å². The summed E-state index contributed by atoms with van der Waals surface area (Å²) < 4.78 is 0. The molecule has 2 aliphatic rings. The monoisotopic (exact) mass is 1880 g/mol. The lowest BCUT2D eigenvalue weighted by Crippen LogP contribution is -2.29. The van der Waals surface area contributed by atoms with E-state index in [9.17, 15) is 0 Å². The number of hydrogen-bond donors (Lipinski definition) is 0. The van der Waals surface area contributed by atoms with Crippen LogP contribution in [0.15, 0.2) is 582 Å². The Morgan fingerprint density at radius 3 is 0.966 bits per heavy atom. The van der Waals surface area contributed by atoms with Gasteiger partial charge in [0, 0.05) is 44.6 Å². The quantitative estimate of drug-likeness (QED) is 0.0745. The number of fused-ring (bicyclic) bond motifs is 14. The fraction of sp³-hybridized carbons (Fsp3) is 0.0137. The Bertz CT molecular complexity index is 9590. The number of anilines is 6. The maximum absolute atomic E-state index is 2.60. The van der Waals surface area contributed by atoms with E-state index in [-0.39, 0.29) is 0 Å². The van der Waals surface area contributed by atoms with E-state index in [1.54, 1.807) is 0 Å². The second kappa shape index (κ2) is 36.1. The van der Waals surface area contributed by atoms with Crippen LogP contribution in [0.4, 0.5) is 34.1 Å². The number of nitrogens with zero attached hydrogens (tertiary/aromatic N) is 2. The highest BCUT2D eigenvalue weighted by Gasteiger charge is 2.49. The molecule has 0 atom stereocenters. The third-order valence-corrected chi connectivity index (χ3v) is 31.6. The summed E-state index contributed by atoms with van der Waals surface area (Å²) in [6.07, 6.45) is 0. The molecule has 26 aromatic rings. The molecule has 0 saturated heterocycles. The maximum atomic E-state index is 2.60. The van der Waals surface area contributed by atoms with E-state index < -0.39 is 10.8 Å². The van der Waals surface area contributed by atoms with Crippen LogP contribution < -0.4 is 9.80 Å². The summed E-state index contributed by atoms with van der Waals surface area (Å²) in [6.45, 7) is 0. The Balaban J connectivity index is 0.580. The average Bonchev–Trinajstić information content (AvgIpc) is 1.52. The molecule has 26 aromatic carbocycles. The van der Waals surface area contributed by atoms with Crippen LogP contribution in [0.25, 0.3) is 187 Å². The van der Waals surface area contributed by atoms with Crippen LogP contribution in [0.1, 0.15) is 44.5 Å². The number of hydrogen-bond acceptors (Lipinski definition) is 2. The molecule has 2 aliphatic carbocycles. The Hall–Kier alpha value is -19.1. The Morgan fingerprint density at radius 2 is 0.419 bits per heavy atom. The van der Waals surface area contributed by atoms with Gasteiger partial charge in [0.2, 0.25) is 0 Å². The first-order chi connectivity index (χ1) is 73.4. The highest BCUT2D eigenvalue weighted by Crippen LogP contribution is 2.63. The fourth-order valence-electron chi connectivity index (χ4n) is 24.9. The summed E-state index contributed by atoms with van der Waals surface area (Å²) in [5, 5.41) is 14.1. The summed E-state index contributed by atoms with van der Waals surface area (Å²) in [6, 6.07) is 219. The average molecular weight is 1880 g/mol. The lowest BCUT2D eigenvalue weighted by Gasteiger charge is -2.35. The third kappa shape index (κ3) is 14.3. The normalized spacial score (nSPS) is 12.6. The highest BCUT2D eigenvalue weighted by atomic mass is 15.2. The van der Waals surface area contributed by atoms with Gasteiger partial charge in [-0.05, 0) is 282 Å². The molecular formula is C146H96N2. The van der Waals surface area contributed by atoms with Crippen LogP contribution in [0.5, 0.6) is 0 Å². The van der Waals surface area contributed by atoms with Gasteiger partial charge in [0.1, 0.15) is 0 Å². The highest BCUT2D eigenvalue weighted by molar-refractivity contribution is 6.26. The zero-order chi connectivity index (χ0) is 97.7. The van der Waals surface area contributed by atoms with Crippen molar-refractivity contribution in [1.82, 2.24) is 0 Å². The summed E-state index contributed by atoms with van der Waals surface area (Å²) in [5.41, 5.74) is 40.4. The summed E-state index contributed by atoms with van der Waals surface area (Å²) in [7, 11) is 0. The predicted octanol–water partition coefficient (Wildman–Crippen LogP) is 39.3. The van der Waals surface area contributed by atoms with Crippen molar-refractivity contribution in [2.24, 2.45) is 0 Å². The molecule has 0 bridgehead atoms. The molecule has 0 spiro atoms. The van der Waals surface area contributed by atoms with Crippen LogP contribution in [0, 0.1) is 0 Å². The molecule has 0 aromatic heterocycles. The molecule has 0 radical (unpaired) electrons. The molecule has 0 N–H and O–H groups in total. The lowest BCUT2D eigenvalue weighted by molar-refractivity contribution is 0.768. The van der Waals surface area contributed by atoms with E-state index in [1.165, 1.54) is 132 Å². The van der Waals surface area contributed by atoms with Crippen molar-refractivity contribution >= 4 is 98.8 Å². The molecule has 2 heteroatoms. The molecule has 0 aliphatic heterocycles. The summed E-state index contributed by atoms with van der Waals surface area (Å²) in [5.74, 6) is 0. The van der Waals surface area contributed by atoms with Crippen LogP contribution >= 0.6 is 0 Å². The zero-order valence-electron chi connectivity index (χ0n) is 81.3. The van der Waals surface area contributed by atoms with Crippen LogP contribution in [0.3, 0.4) is 0 Å². The van der Waals surface area contributed by atoms with Crippen molar-refractivity contribution in [3.63, 3.8) is 0 Å². The van der Waals surface area contributed by atoms with Gasteiger partial charge in [-0.15, -0.1) is 0 Å². The van der Waals surface area contributed by atoms with E-state index in [0.29, 0.717) is 0 Å². The molecule has 148 heavy (non-hydrogen) atoms. The number of benzene rings is 26. The lowest BCUT2D eigenvalue weighted by atomic mass is 9.67. The molecular weight excluding hydrogens is 1780 g/mol. The molecule has 2 nitrogen and oxygen atoms in total. The number of rotatable bonds is 19. The zero-order valence-corrected chi connectivity index (χ0v) is 81.3. The predicted molar refractivity (Wildman–Crippen MR) is 624 cm³/mol. The van der Waals surface area contributed by atoms with Gasteiger partial charge in [0.05, 0.1) is 22.2 Å². The van der Waals surface area contributed by atoms with E-state index >= 15 is 0 Å². The van der Waals surface area contributed by atoms with Gasteiger partial charge < -0.3 is 9.80 Å². The van der Waals surface area contributed by atoms with Gasteiger partial charge in [-0.1, -0.05) is 510 Å². The third-order valence-electron chi connectivity index (χ3n) is 31.6. The molecule has 0 amide bonds. The van der Waals surface area contributed by atoms with Gasteiger partial charge in [0.15, 0.2) is 0 Å². The van der Waals surface area contributed by atoms with Crippen LogP contribution in [0.2, 0.25) is 0 Å². The Morgan fingerprint density at radius 1 is 0.122 bits per heavy atom. The first-order valence-electron chi connectivity index (χ1n) is 51.4. The molecule has 690 valence electrons. The van der Waals surface area contributed by atoms with E-state index in [1.807, 2.05) is 0 Å². The molecule has 28 rings (SSSR count). The van der Waals surface area contributed by atoms with E-state index in [4.69, 9.17) is 0 Å². The standard InChI is InChI=1S/C146H96N2/c1-8-36-97(37-9-1)100-66-68-101(69-67-100)102-76-80-117(81-77-102)147(119-83-89-130-128-86-79-110(98-38-10-2-11-39-98)93-138(128)146(140(130)95-119,115-51-18-6-19-52-115)116-53-20-7-21-54-116)144-135-63-31-27-58-126(135)124-56-25-29-61-133(124)142(144)131-64-35-46-111-91-109(78-85-122(111)131)108-45-34-44-107(90-108)103-70-73-105(74-71-103)121-87-82-118(94-136(121)104-41-12-3-13-42-104)148(143-134-62-30-26-57-125(134)123-55-24-28-60-132(123)141(143)112-75-72-99-40-22-23-43-106(99)92-112)120-84-88-129-127-59-32-33-65-137(127)145(139(129)96-120,113-47-14-4-15-48-113)114-49-16-5-17-50-114/h1-96H. The smallest absolute Gasteiger partial charge is 0.0714 e. The molecule has 0 fully saturated rings. The first kappa shape index (κ1) is 86.7. The summed E-state index contributed by atoms with van der Waals surface area (Å²) >= 11 is 0. The SMILES string of the molecule is c1ccc(-c2ccc(-c3ccc(N(c4ccc5c(c4)C(c4ccccc4)(c4ccccc4)c4cc(-c6ccccc6)ccc4-5)c4c(-c5cccc6cc(-c7cccc(-c8ccc(-c9ccc(N(c%10ccc%11c(c%10)C(c%10ccccc%10)(c%10ccccc%10)c%10ccccc%10-%11)c%10c(-c%11ccc%12ccccc%12c%11)c%11ccccc%11c%11ccccc%10%11)cc9-c9ccccc9)cc8)c7)ccc56)c5ccccc5c5ccccc45)cc3)cc2)cc1.